The molecule has 0 bridgehead atoms. The second-order valence-corrected chi connectivity index (χ2v) is 5.69. The summed E-state index contributed by atoms with van der Waals surface area (Å²) >= 11 is 1.19. The van der Waals surface area contributed by atoms with Crippen molar-refractivity contribution in [2.75, 3.05) is 5.32 Å². The summed E-state index contributed by atoms with van der Waals surface area (Å²) in [5.74, 6) is -1.88. The predicted octanol–water partition coefficient (Wildman–Crippen LogP) is 3.25. The summed E-state index contributed by atoms with van der Waals surface area (Å²) in [5, 5.41) is 13.5. The van der Waals surface area contributed by atoms with Crippen molar-refractivity contribution < 1.29 is 18.7 Å². The number of anilines is 1. The molecule has 23 heavy (non-hydrogen) atoms. The number of rotatable bonds is 4. The third-order valence-electron chi connectivity index (χ3n) is 3.08. The highest BCUT2D eigenvalue weighted by Gasteiger charge is 2.20. The second-order valence-electron chi connectivity index (χ2n) is 4.78. The number of aryl methyl sites for hydroxylation is 1. The van der Waals surface area contributed by atoms with E-state index in [1.165, 1.54) is 30.4 Å². The summed E-state index contributed by atoms with van der Waals surface area (Å²) in [7, 11) is 0. The highest BCUT2D eigenvalue weighted by molar-refractivity contribution is 7.14. The lowest BCUT2D eigenvalue weighted by Crippen LogP contribution is -2.30. The SMILES string of the molecule is Cc1ccc(C(=O)O[C@@H](C)C(=O)Nc2sccc2C#N)cc1F. The number of hydrogen-bond acceptors (Lipinski definition) is 5. The lowest BCUT2D eigenvalue weighted by atomic mass is 10.1. The average molecular weight is 332 g/mol. The van der Waals surface area contributed by atoms with E-state index < -0.39 is 23.8 Å². The minimum absolute atomic E-state index is 0.0292. The first-order valence-corrected chi connectivity index (χ1v) is 7.56. The molecule has 0 saturated heterocycles. The maximum atomic E-state index is 13.5. The maximum Gasteiger partial charge on any atom is 0.339 e. The average Bonchev–Trinajstić information content (AvgIpc) is 2.96. The van der Waals surface area contributed by atoms with Gasteiger partial charge in [-0.1, -0.05) is 6.07 Å². The van der Waals surface area contributed by atoms with Crippen LogP contribution in [0.3, 0.4) is 0 Å². The number of benzene rings is 1. The first kappa shape index (κ1) is 16.6. The molecule has 2 aromatic rings. The molecule has 1 atom stereocenters. The van der Waals surface area contributed by atoms with Crippen molar-refractivity contribution in [3.8, 4) is 6.07 Å². The summed E-state index contributed by atoms with van der Waals surface area (Å²) in [6, 6.07) is 7.47. The number of nitriles is 1. The first-order valence-electron chi connectivity index (χ1n) is 6.68. The standard InChI is InChI=1S/C16H13FN2O3S/c1-9-3-4-11(7-13(9)17)16(21)22-10(2)14(20)19-15-12(8-18)5-6-23-15/h3-7,10H,1-2H3,(H,19,20)/t10-/m0/s1. The molecule has 2 rings (SSSR count). The van der Waals surface area contributed by atoms with Gasteiger partial charge >= 0.3 is 5.97 Å². The Balaban J connectivity index is 2.01. The van der Waals surface area contributed by atoms with Gasteiger partial charge in [0.2, 0.25) is 0 Å². The highest BCUT2D eigenvalue weighted by atomic mass is 32.1. The summed E-state index contributed by atoms with van der Waals surface area (Å²) < 4.78 is 18.5. The Bertz CT molecular complexity index is 795. The van der Waals surface area contributed by atoms with Gasteiger partial charge in [-0.25, -0.2) is 9.18 Å². The van der Waals surface area contributed by atoms with E-state index in [4.69, 9.17) is 10.00 Å². The quantitative estimate of drug-likeness (QED) is 0.872. The molecule has 1 aromatic carbocycles. The zero-order chi connectivity index (χ0) is 17.0. The Morgan fingerprint density at radius 1 is 1.39 bits per heavy atom. The number of amides is 1. The monoisotopic (exact) mass is 332 g/mol. The number of carbonyl (C=O) groups excluding carboxylic acids is 2. The molecule has 0 aliphatic carbocycles. The van der Waals surface area contributed by atoms with Gasteiger partial charge in [-0.15, -0.1) is 11.3 Å². The van der Waals surface area contributed by atoms with Crippen LogP contribution in [0.2, 0.25) is 0 Å². The molecule has 0 spiro atoms. The van der Waals surface area contributed by atoms with E-state index in [-0.39, 0.29) is 5.56 Å². The minimum Gasteiger partial charge on any atom is -0.449 e. The van der Waals surface area contributed by atoms with E-state index in [1.807, 2.05) is 6.07 Å². The molecule has 0 aliphatic heterocycles. The van der Waals surface area contributed by atoms with Gasteiger partial charge in [-0.3, -0.25) is 4.79 Å². The van der Waals surface area contributed by atoms with Crippen molar-refractivity contribution in [1.82, 2.24) is 0 Å². The summed E-state index contributed by atoms with van der Waals surface area (Å²) in [4.78, 5) is 23.9. The predicted molar refractivity (Wildman–Crippen MR) is 83.7 cm³/mol. The Hall–Kier alpha value is -2.72. The van der Waals surface area contributed by atoms with Crippen LogP contribution in [-0.2, 0) is 9.53 Å². The summed E-state index contributed by atoms with van der Waals surface area (Å²) in [6.45, 7) is 2.98. The lowest BCUT2D eigenvalue weighted by Gasteiger charge is -2.13. The number of thiophene rings is 1. The molecule has 0 fully saturated rings. The Morgan fingerprint density at radius 2 is 2.13 bits per heavy atom. The molecule has 0 aliphatic rings. The fourth-order valence-corrected chi connectivity index (χ4v) is 2.45. The van der Waals surface area contributed by atoms with Crippen LogP contribution in [-0.4, -0.2) is 18.0 Å². The molecular formula is C16H13FN2O3S. The van der Waals surface area contributed by atoms with E-state index in [9.17, 15) is 14.0 Å². The Kier molecular flexibility index (Phi) is 5.09. The topological polar surface area (TPSA) is 79.2 Å². The van der Waals surface area contributed by atoms with Crippen LogP contribution in [0.4, 0.5) is 9.39 Å². The molecule has 1 amide bonds. The van der Waals surface area contributed by atoms with Gasteiger partial charge in [-0.2, -0.15) is 5.26 Å². The fourth-order valence-electron chi connectivity index (χ4n) is 1.71. The smallest absolute Gasteiger partial charge is 0.339 e. The van der Waals surface area contributed by atoms with E-state index >= 15 is 0 Å². The van der Waals surface area contributed by atoms with Gasteiger partial charge in [0.05, 0.1) is 11.1 Å². The Labute approximate surface area is 136 Å². The molecule has 1 aromatic heterocycles. The first-order chi connectivity index (χ1) is 10.9. The van der Waals surface area contributed by atoms with Crippen molar-refractivity contribution in [2.24, 2.45) is 0 Å². The van der Waals surface area contributed by atoms with Crippen molar-refractivity contribution >= 4 is 28.2 Å². The third-order valence-corrected chi connectivity index (χ3v) is 3.91. The van der Waals surface area contributed by atoms with Gasteiger partial charge in [0.1, 0.15) is 16.9 Å². The van der Waals surface area contributed by atoms with Crippen LogP contribution < -0.4 is 5.32 Å². The van der Waals surface area contributed by atoms with Crippen molar-refractivity contribution in [2.45, 2.75) is 20.0 Å². The molecule has 0 unspecified atom stereocenters. The molecule has 0 radical (unpaired) electrons. The lowest BCUT2D eigenvalue weighted by molar-refractivity contribution is -0.123. The second kappa shape index (κ2) is 7.03. The summed E-state index contributed by atoms with van der Waals surface area (Å²) in [5.41, 5.74) is 0.776. The fraction of sp³-hybridized carbons (Fsp3) is 0.188. The van der Waals surface area contributed by atoms with Crippen LogP contribution in [0.1, 0.15) is 28.4 Å². The number of ether oxygens (including phenoxy) is 1. The van der Waals surface area contributed by atoms with Gasteiger partial charge in [0.25, 0.3) is 5.91 Å². The zero-order valence-corrected chi connectivity index (χ0v) is 13.2. The van der Waals surface area contributed by atoms with Crippen LogP contribution >= 0.6 is 11.3 Å². The van der Waals surface area contributed by atoms with Gasteiger partial charge in [-0.05, 0) is 43.0 Å². The van der Waals surface area contributed by atoms with E-state index in [2.05, 4.69) is 5.32 Å². The molecule has 7 heteroatoms. The highest BCUT2D eigenvalue weighted by Crippen LogP contribution is 2.22. The largest absolute Gasteiger partial charge is 0.449 e. The molecule has 118 valence electrons. The van der Waals surface area contributed by atoms with Crippen LogP contribution in [0.15, 0.2) is 29.6 Å². The van der Waals surface area contributed by atoms with Gasteiger partial charge in [0, 0.05) is 0 Å². The van der Waals surface area contributed by atoms with Crippen molar-refractivity contribution in [3.05, 3.63) is 52.2 Å². The van der Waals surface area contributed by atoms with Crippen LogP contribution in [0.25, 0.3) is 0 Å². The van der Waals surface area contributed by atoms with Gasteiger partial charge in [0.15, 0.2) is 6.10 Å². The van der Waals surface area contributed by atoms with Crippen LogP contribution in [0.5, 0.6) is 0 Å². The normalized spacial score (nSPS) is 11.4. The van der Waals surface area contributed by atoms with Gasteiger partial charge < -0.3 is 10.1 Å². The number of esters is 1. The van der Waals surface area contributed by atoms with Crippen LogP contribution in [0, 0.1) is 24.1 Å². The maximum absolute atomic E-state index is 13.5. The summed E-state index contributed by atoms with van der Waals surface area (Å²) in [6.07, 6.45) is -1.08. The molecule has 5 nitrogen and oxygen atoms in total. The number of nitrogens with one attached hydrogen (secondary N) is 1. The number of nitrogens with zero attached hydrogens (tertiary/aromatic N) is 1. The number of hydrogen-bond donors (Lipinski definition) is 1. The molecule has 0 saturated carbocycles. The molecule has 1 heterocycles. The van der Waals surface area contributed by atoms with E-state index in [1.54, 1.807) is 18.4 Å². The minimum atomic E-state index is -1.08. The number of halogens is 1. The number of carbonyl (C=O) groups is 2. The van der Waals surface area contributed by atoms with Crippen molar-refractivity contribution in [1.29, 1.82) is 5.26 Å². The molecular weight excluding hydrogens is 319 g/mol. The van der Waals surface area contributed by atoms with Crippen molar-refractivity contribution in [3.63, 3.8) is 0 Å². The van der Waals surface area contributed by atoms with E-state index in [0.29, 0.717) is 16.1 Å². The zero-order valence-electron chi connectivity index (χ0n) is 12.4. The van der Waals surface area contributed by atoms with E-state index in [0.717, 1.165) is 6.07 Å². The Morgan fingerprint density at radius 3 is 2.78 bits per heavy atom. The molecule has 1 N–H and O–H groups in total. The third kappa shape index (κ3) is 3.93.